The van der Waals surface area contributed by atoms with Crippen LogP contribution >= 0.6 is 0 Å². The second kappa shape index (κ2) is 4.40. The van der Waals surface area contributed by atoms with Gasteiger partial charge in [0.15, 0.2) is 0 Å². The van der Waals surface area contributed by atoms with Crippen molar-refractivity contribution in [3.8, 4) is 0 Å². The van der Waals surface area contributed by atoms with E-state index in [0.717, 1.165) is 0 Å². The topological polar surface area (TPSA) is 64.9 Å². The van der Waals surface area contributed by atoms with Crippen LogP contribution < -0.4 is 5.73 Å². The van der Waals surface area contributed by atoms with Crippen LogP contribution in [0, 0.1) is 5.82 Å². The lowest BCUT2D eigenvalue weighted by Gasteiger charge is -1.98. The van der Waals surface area contributed by atoms with Crippen LogP contribution in [0.4, 0.5) is 4.39 Å². The van der Waals surface area contributed by atoms with E-state index in [2.05, 4.69) is 10.2 Å². The van der Waals surface area contributed by atoms with Crippen molar-refractivity contribution in [2.24, 2.45) is 5.73 Å². The number of benzene rings is 1. The summed E-state index contributed by atoms with van der Waals surface area (Å²) in [5.74, 6) is 0.465. The van der Waals surface area contributed by atoms with Crippen LogP contribution in [0.15, 0.2) is 28.7 Å². The minimum atomic E-state index is -0.304. The molecule has 0 radical (unpaired) electrons. The van der Waals surface area contributed by atoms with Crippen molar-refractivity contribution in [3.63, 3.8) is 0 Å². The molecule has 0 saturated carbocycles. The molecule has 2 rings (SSSR count). The number of nitrogens with two attached hydrogens (primary N) is 1. The molecule has 2 aromatic rings. The zero-order valence-corrected chi connectivity index (χ0v) is 8.85. The lowest BCUT2D eigenvalue weighted by molar-refractivity contribution is 0.431. The van der Waals surface area contributed by atoms with Gasteiger partial charge >= 0.3 is 0 Å². The Morgan fingerprint density at radius 1 is 1.38 bits per heavy atom. The van der Waals surface area contributed by atoms with Crippen molar-refractivity contribution in [1.82, 2.24) is 10.2 Å². The lowest BCUT2D eigenvalue weighted by atomic mass is 10.1. The summed E-state index contributed by atoms with van der Waals surface area (Å²) in [6.45, 7) is 1.75. The molecule has 5 heteroatoms. The quantitative estimate of drug-likeness (QED) is 0.858. The van der Waals surface area contributed by atoms with E-state index in [9.17, 15) is 4.39 Å². The third kappa shape index (κ3) is 2.25. The molecule has 0 saturated heterocycles. The molecular weight excluding hydrogens is 209 g/mol. The number of rotatable bonds is 3. The van der Waals surface area contributed by atoms with Crippen LogP contribution in [0.1, 0.15) is 30.3 Å². The van der Waals surface area contributed by atoms with Crippen LogP contribution in [-0.2, 0) is 6.42 Å². The predicted molar refractivity (Wildman–Crippen MR) is 56.1 cm³/mol. The molecule has 2 N–H and O–H groups in total. The van der Waals surface area contributed by atoms with E-state index in [1.807, 2.05) is 0 Å². The Balaban J connectivity index is 2.18. The first-order chi connectivity index (χ1) is 7.66. The van der Waals surface area contributed by atoms with Crippen molar-refractivity contribution in [2.75, 3.05) is 0 Å². The van der Waals surface area contributed by atoms with Crippen molar-refractivity contribution >= 4 is 0 Å². The fourth-order valence-corrected chi connectivity index (χ4v) is 1.33. The van der Waals surface area contributed by atoms with Crippen LogP contribution in [0.5, 0.6) is 0 Å². The fraction of sp³-hybridized carbons (Fsp3) is 0.273. The number of hydrogen-bond acceptors (Lipinski definition) is 4. The van der Waals surface area contributed by atoms with Crippen molar-refractivity contribution < 1.29 is 8.81 Å². The second-order valence-corrected chi connectivity index (χ2v) is 3.59. The van der Waals surface area contributed by atoms with Crippen LogP contribution in [-0.4, -0.2) is 10.2 Å². The Morgan fingerprint density at radius 3 is 2.75 bits per heavy atom. The van der Waals surface area contributed by atoms with Crippen molar-refractivity contribution in [3.05, 3.63) is 47.4 Å². The van der Waals surface area contributed by atoms with Gasteiger partial charge in [0, 0.05) is 0 Å². The summed E-state index contributed by atoms with van der Waals surface area (Å²) >= 11 is 0. The third-order valence-corrected chi connectivity index (χ3v) is 2.17. The van der Waals surface area contributed by atoms with E-state index in [4.69, 9.17) is 10.2 Å². The smallest absolute Gasteiger partial charge is 0.232 e. The third-order valence-electron chi connectivity index (χ3n) is 2.17. The molecule has 1 unspecified atom stereocenters. The maximum atomic E-state index is 13.3. The standard InChI is InChI=1S/C11H12FN3O/c1-7(13)11-15-14-10(16-11)6-8-4-2-3-5-9(8)12/h2-5,7H,6,13H2,1H3. The van der Waals surface area contributed by atoms with E-state index < -0.39 is 0 Å². The Hall–Kier alpha value is -1.75. The molecule has 0 aliphatic heterocycles. The van der Waals surface area contributed by atoms with Gasteiger partial charge < -0.3 is 10.2 Å². The molecule has 0 fully saturated rings. The van der Waals surface area contributed by atoms with E-state index in [-0.39, 0.29) is 18.3 Å². The van der Waals surface area contributed by atoms with E-state index >= 15 is 0 Å². The van der Waals surface area contributed by atoms with E-state index in [1.54, 1.807) is 25.1 Å². The monoisotopic (exact) mass is 221 g/mol. The molecule has 1 aromatic heterocycles. The van der Waals surface area contributed by atoms with Gasteiger partial charge in [0.1, 0.15) is 5.82 Å². The van der Waals surface area contributed by atoms with Crippen molar-refractivity contribution in [2.45, 2.75) is 19.4 Å². The minimum absolute atomic E-state index is 0.275. The first-order valence-corrected chi connectivity index (χ1v) is 4.98. The number of aromatic nitrogens is 2. The van der Waals surface area contributed by atoms with Crippen LogP contribution in [0.3, 0.4) is 0 Å². The van der Waals surface area contributed by atoms with Gasteiger partial charge in [0.25, 0.3) is 0 Å². The molecule has 1 atom stereocenters. The summed E-state index contributed by atoms with van der Waals surface area (Å²) in [6.07, 6.45) is 0.284. The van der Waals surface area contributed by atoms with Gasteiger partial charge in [-0.1, -0.05) is 18.2 Å². The molecule has 0 spiro atoms. The molecule has 0 aliphatic rings. The molecule has 0 aliphatic carbocycles. The van der Waals surface area contributed by atoms with Gasteiger partial charge in [0.2, 0.25) is 11.8 Å². The fourth-order valence-electron chi connectivity index (χ4n) is 1.33. The Bertz CT molecular complexity index is 482. The summed E-state index contributed by atoms with van der Waals surface area (Å²) in [4.78, 5) is 0. The molecule has 4 nitrogen and oxygen atoms in total. The maximum absolute atomic E-state index is 13.3. The van der Waals surface area contributed by atoms with E-state index in [0.29, 0.717) is 17.3 Å². The summed E-state index contributed by atoms with van der Waals surface area (Å²) in [6, 6.07) is 6.19. The highest BCUT2D eigenvalue weighted by molar-refractivity contribution is 5.20. The summed E-state index contributed by atoms with van der Waals surface area (Å²) < 4.78 is 18.6. The normalized spacial score (nSPS) is 12.7. The second-order valence-electron chi connectivity index (χ2n) is 3.59. The lowest BCUT2D eigenvalue weighted by Crippen LogP contribution is -2.04. The Morgan fingerprint density at radius 2 is 2.12 bits per heavy atom. The molecule has 0 bridgehead atoms. The molecule has 16 heavy (non-hydrogen) atoms. The SMILES string of the molecule is CC(N)c1nnc(Cc2ccccc2F)o1. The Kier molecular flexibility index (Phi) is 2.96. The molecule has 1 heterocycles. The number of hydrogen-bond donors (Lipinski definition) is 1. The zero-order chi connectivity index (χ0) is 11.5. The molecule has 1 aromatic carbocycles. The molecular formula is C11H12FN3O. The van der Waals surface area contributed by atoms with Gasteiger partial charge in [0.05, 0.1) is 12.5 Å². The first-order valence-electron chi connectivity index (χ1n) is 4.98. The first kappa shape index (κ1) is 10.8. The van der Waals surface area contributed by atoms with Gasteiger partial charge in [-0.25, -0.2) is 4.39 Å². The van der Waals surface area contributed by atoms with Gasteiger partial charge in [-0.3, -0.25) is 0 Å². The average molecular weight is 221 g/mol. The highest BCUT2D eigenvalue weighted by atomic mass is 19.1. The summed E-state index contributed by atoms with van der Waals surface area (Å²) in [5.41, 5.74) is 6.11. The minimum Gasteiger partial charge on any atom is -0.423 e. The maximum Gasteiger partial charge on any atom is 0.232 e. The predicted octanol–water partition coefficient (Wildman–Crippen LogP) is 1.82. The summed E-state index contributed by atoms with van der Waals surface area (Å²) in [5, 5.41) is 7.59. The highest BCUT2D eigenvalue weighted by Gasteiger charge is 2.11. The molecule has 0 amide bonds. The Labute approximate surface area is 92.3 Å². The van der Waals surface area contributed by atoms with Crippen LogP contribution in [0.25, 0.3) is 0 Å². The van der Waals surface area contributed by atoms with Crippen molar-refractivity contribution in [1.29, 1.82) is 0 Å². The highest BCUT2D eigenvalue weighted by Crippen LogP contribution is 2.14. The largest absolute Gasteiger partial charge is 0.423 e. The van der Waals surface area contributed by atoms with Gasteiger partial charge in [-0.15, -0.1) is 10.2 Å². The van der Waals surface area contributed by atoms with Gasteiger partial charge in [-0.2, -0.15) is 0 Å². The molecule has 84 valence electrons. The number of nitrogens with zero attached hydrogens (tertiary/aromatic N) is 2. The summed E-state index contributed by atoms with van der Waals surface area (Å²) in [7, 11) is 0. The average Bonchev–Trinajstić information content (AvgIpc) is 2.70. The number of halogens is 1. The van der Waals surface area contributed by atoms with Crippen LogP contribution in [0.2, 0.25) is 0 Å². The van der Waals surface area contributed by atoms with E-state index in [1.165, 1.54) is 6.07 Å². The van der Waals surface area contributed by atoms with Gasteiger partial charge in [-0.05, 0) is 18.6 Å². The zero-order valence-electron chi connectivity index (χ0n) is 8.85.